The molecule has 11 nitrogen and oxygen atoms in total. The van der Waals surface area contributed by atoms with Crippen molar-refractivity contribution in [2.24, 2.45) is 22.7 Å². The topological polar surface area (TPSA) is 149 Å². The first-order valence-electron chi connectivity index (χ1n) is 21.0. The Labute approximate surface area is 332 Å². The number of hydrogen-bond donors (Lipinski definition) is 5. The Morgan fingerprint density at radius 2 is 1.67 bits per heavy atom. The zero-order valence-corrected chi connectivity index (χ0v) is 35.2. The maximum atomic E-state index is 14.9. The Kier molecular flexibility index (Phi) is 20.1. The summed E-state index contributed by atoms with van der Waals surface area (Å²) in [6, 6.07) is -3.40. The summed E-state index contributed by atoms with van der Waals surface area (Å²) in [5.41, 5.74) is 0.269. The van der Waals surface area contributed by atoms with E-state index in [1.165, 1.54) is 0 Å². The average Bonchev–Trinajstić information content (AvgIpc) is 3.47. The van der Waals surface area contributed by atoms with Crippen LogP contribution in [0.1, 0.15) is 145 Å². The normalized spacial score (nSPS) is 19.9. The van der Waals surface area contributed by atoms with E-state index >= 15 is 0 Å². The fraction of sp³-hybridized carbons (Fsp3) is 0.750. The molecule has 2 aliphatic rings. The van der Waals surface area contributed by atoms with Crippen LogP contribution in [0.3, 0.4) is 0 Å². The summed E-state index contributed by atoms with van der Waals surface area (Å²) >= 11 is 0. The van der Waals surface area contributed by atoms with Gasteiger partial charge in [-0.2, -0.15) is 0 Å². The van der Waals surface area contributed by atoms with E-state index in [0.717, 1.165) is 82.9 Å². The van der Waals surface area contributed by atoms with Gasteiger partial charge in [0, 0.05) is 37.8 Å². The van der Waals surface area contributed by atoms with Gasteiger partial charge in [-0.05, 0) is 80.5 Å². The quantitative estimate of drug-likeness (QED) is 0.0263. The minimum atomic E-state index is -1.13. The van der Waals surface area contributed by atoms with Crippen molar-refractivity contribution in [3.8, 4) is 12.3 Å². The molecule has 5 amide bonds. The molecule has 55 heavy (non-hydrogen) atoms. The molecule has 0 radical (unpaired) electrons. The number of carbonyl (C=O) groups is 5. The molecule has 4 unspecified atom stereocenters. The zero-order chi connectivity index (χ0) is 41.2. The van der Waals surface area contributed by atoms with Crippen LogP contribution in [0.25, 0.3) is 0 Å². The van der Waals surface area contributed by atoms with Crippen molar-refractivity contribution in [3.05, 3.63) is 24.9 Å². The lowest BCUT2D eigenvalue weighted by atomic mass is 9.75. The Morgan fingerprint density at radius 3 is 2.25 bits per heavy atom. The van der Waals surface area contributed by atoms with Crippen molar-refractivity contribution in [2.45, 2.75) is 169 Å². The number of terminal acetylenes is 1. The highest BCUT2D eigenvalue weighted by Gasteiger charge is 2.48. The molecule has 1 aliphatic carbocycles. The molecule has 2 fully saturated rings. The van der Waals surface area contributed by atoms with Crippen molar-refractivity contribution in [1.29, 1.82) is 0 Å². The number of rotatable bonds is 23. The van der Waals surface area contributed by atoms with Gasteiger partial charge in [-0.3, -0.25) is 19.2 Å². The van der Waals surface area contributed by atoms with Crippen LogP contribution in [-0.4, -0.2) is 78.2 Å². The Hall–Kier alpha value is -3.81. The van der Waals surface area contributed by atoms with Crippen LogP contribution in [0.5, 0.6) is 0 Å². The molecule has 1 heterocycles. The number of carbonyl (C=O) groups excluding carboxylic acids is 5. The van der Waals surface area contributed by atoms with Gasteiger partial charge >= 0.3 is 6.03 Å². The first kappa shape index (κ1) is 47.3. The molecule has 5 N–H and O–H groups in total. The second kappa shape index (κ2) is 23.3. The molecule has 5 atom stereocenters. The molecule has 310 valence electrons. The van der Waals surface area contributed by atoms with Crippen LogP contribution < -0.4 is 26.6 Å². The monoisotopic (exact) mass is 767 g/mol. The summed E-state index contributed by atoms with van der Waals surface area (Å²) in [6.07, 6.45) is 17.9. The minimum absolute atomic E-state index is 0.0534. The highest BCUT2D eigenvalue weighted by molar-refractivity contribution is 6.38. The van der Waals surface area contributed by atoms with E-state index in [-0.39, 0.29) is 48.7 Å². The Morgan fingerprint density at radius 1 is 1.00 bits per heavy atom. The molecular formula is C44H74N6O5. The van der Waals surface area contributed by atoms with E-state index < -0.39 is 41.1 Å². The van der Waals surface area contributed by atoms with Gasteiger partial charge in [0.1, 0.15) is 12.1 Å². The lowest BCUT2D eigenvalue weighted by molar-refractivity contribution is -0.144. The summed E-state index contributed by atoms with van der Waals surface area (Å²) in [7, 11) is 0. The van der Waals surface area contributed by atoms with Gasteiger partial charge < -0.3 is 31.5 Å². The number of amides is 5. The average molecular weight is 767 g/mol. The molecule has 11 heteroatoms. The van der Waals surface area contributed by atoms with Gasteiger partial charge in [-0.15, -0.1) is 18.9 Å². The maximum absolute atomic E-state index is 14.9. The molecule has 0 bridgehead atoms. The second-order valence-electron chi connectivity index (χ2n) is 17.3. The minimum Gasteiger partial charge on any atom is -0.389 e. The molecule has 1 saturated heterocycles. The van der Waals surface area contributed by atoms with E-state index in [0.29, 0.717) is 25.3 Å². The van der Waals surface area contributed by atoms with E-state index in [1.54, 1.807) is 11.0 Å². The Balaban J connectivity index is 2.37. The summed E-state index contributed by atoms with van der Waals surface area (Å²) in [4.78, 5) is 70.7. The third-order valence-electron chi connectivity index (χ3n) is 12.0. The number of likely N-dealkylation sites (tertiary alicyclic amines) is 1. The van der Waals surface area contributed by atoms with Gasteiger partial charge in [0.15, 0.2) is 0 Å². The number of urea groups is 1. The predicted octanol–water partition coefficient (Wildman–Crippen LogP) is 6.54. The van der Waals surface area contributed by atoms with Gasteiger partial charge in [-0.1, -0.05) is 93.2 Å². The number of allylic oxidation sites excluding steroid dienone is 1. The molecule has 1 saturated carbocycles. The van der Waals surface area contributed by atoms with E-state index in [4.69, 9.17) is 6.42 Å². The van der Waals surface area contributed by atoms with Crippen LogP contribution in [0.2, 0.25) is 0 Å². The smallest absolute Gasteiger partial charge is 0.315 e. The first-order valence-corrected chi connectivity index (χ1v) is 21.0. The third-order valence-corrected chi connectivity index (χ3v) is 12.0. The van der Waals surface area contributed by atoms with Gasteiger partial charge in [0.2, 0.25) is 17.6 Å². The fourth-order valence-electron chi connectivity index (χ4n) is 7.73. The SMILES string of the molecule is C#CCCC(NC(=O)C1C[C@@H](CC)CN1C(=O)C(NC(=O)NC(CCCC(=C)NCC(C)C)C(C)(C)CC)C1(C)CCCCCC1)C(=O)C(=O)NCCC=C. The van der Waals surface area contributed by atoms with Gasteiger partial charge in [-0.25, -0.2) is 4.79 Å². The van der Waals surface area contributed by atoms with Crippen LogP contribution in [0.4, 0.5) is 4.79 Å². The van der Waals surface area contributed by atoms with Crippen molar-refractivity contribution in [2.75, 3.05) is 19.6 Å². The summed E-state index contributed by atoms with van der Waals surface area (Å²) in [5, 5.41) is 15.2. The summed E-state index contributed by atoms with van der Waals surface area (Å²) in [6.45, 7) is 24.2. The summed E-state index contributed by atoms with van der Waals surface area (Å²) < 4.78 is 0. The summed E-state index contributed by atoms with van der Waals surface area (Å²) in [5.74, 6) is 0.697. The van der Waals surface area contributed by atoms with Gasteiger partial charge in [0.05, 0.1) is 6.04 Å². The van der Waals surface area contributed by atoms with Crippen LogP contribution >= 0.6 is 0 Å². The molecule has 0 spiro atoms. The standard InChI is InChI=1S/C44H74N6O5/c1-11-15-23-34(37(51)40(53)45-27-16-12-2)47-39(52)35-28-33(13-3)30-50(35)41(54)38(44(10)25-19-17-18-20-26-44)49-42(55)48-36(43(8,9)14-4)24-21-22-32(7)46-29-31(5)6/h1,12,31,33-36,38,46H,2,7,13-30H2,3-6,8-10H3,(H,45,53)(H,47,52)(H2,48,49,55)/t33-,34?,35?,36?,38?/m1/s1. The second-order valence-corrected chi connectivity index (χ2v) is 17.3. The molecule has 0 aromatic carbocycles. The van der Waals surface area contributed by atoms with Crippen LogP contribution in [-0.2, 0) is 19.2 Å². The van der Waals surface area contributed by atoms with E-state index in [9.17, 15) is 24.0 Å². The number of nitrogens with one attached hydrogen (secondary N) is 5. The number of Topliss-reactive ketones (excluding diaryl/α,β-unsaturated/α-hetero) is 1. The van der Waals surface area contributed by atoms with Gasteiger partial charge in [0.25, 0.3) is 5.91 Å². The number of nitrogens with zero attached hydrogens (tertiary/aromatic N) is 1. The molecule has 2 rings (SSSR count). The zero-order valence-electron chi connectivity index (χ0n) is 35.2. The number of ketones is 1. The fourth-order valence-corrected chi connectivity index (χ4v) is 7.73. The lowest BCUT2D eigenvalue weighted by Crippen LogP contribution is -2.62. The van der Waals surface area contributed by atoms with Crippen LogP contribution in [0, 0.1) is 35.0 Å². The lowest BCUT2D eigenvalue weighted by Gasteiger charge is -2.41. The van der Waals surface area contributed by atoms with Crippen molar-refractivity contribution < 1.29 is 24.0 Å². The highest BCUT2D eigenvalue weighted by Crippen LogP contribution is 2.40. The molecular weight excluding hydrogens is 693 g/mol. The van der Waals surface area contributed by atoms with Crippen LogP contribution in [0.15, 0.2) is 24.9 Å². The highest BCUT2D eigenvalue weighted by atomic mass is 16.2. The van der Waals surface area contributed by atoms with Crippen molar-refractivity contribution in [3.63, 3.8) is 0 Å². The molecule has 0 aromatic heterocycles. The first-order chi connectivity index (χ1) is 26.0. The van der Waals surface area contributed by atoms with Crippen molar-refractivity contribution in [1.82, 2.24) is 31.5 Å². The molecule has 1 aliphatic heterocycles. The maximum Gasteiger partial charge on any atom is 0.315 e. The van der Waals surface area contributed by atoms with E-state index in [1.807, 2.05) is 6.92 Å². The van der Waals surface area contributed by atoms with E-state index in [2.05, 4.69) is 87.2 Å². The number of hydrogen-bond acceptors (Lipinski definition) is 6. The largest absolute Gasteiger partial charge is 0.389 e. The Bertz CT molecular complexity index is 1340. The van der Waals surface area contributed by atoms with Crippen molar-refractivity contribution >= 4 is 29.5 Å². The third kappa shape index (κ3) is 15.0. The predicted molar refractivity (Wildman–Crippen MR) is 222 cm³/mol. The molecule has 0 aromatic rings.